The highest BCUT2D eigenvalue weighted by atomic mass is 16.7. The number of hydrogen-bond donors (Lipinski definition) is 1. The minimum atomic E-state index is -0.314. The molecule has 3 aliphatic rings. The van der Waals surface area contributed by atoms with Gasteiger partial charge in [-0.25, -0.2) is 0 Å². The number of piperazine rings is 1. The van der Waals surface area contributed by atoms with Crippen LogP contribution in [0.15, 0.2) is 42.5 Å². The van der Waals surface area contributed by atoms with E-state index in [-0.39, 0.29) is 37.1 Å². The molecule has 2 aromatic rings. The summed E-state index contributed by atoms with van der Waals surface area (Å²) in [7, 11) is 0. The van der Waals surface area contributed by atoms with Gasteiger partial charge in [-0.3, -0.25) is 14.4 Å². The van der Waals surface area contributed by atoms with Crippen molar-refractivity contribution >= 4 is 17.7 Å². The number of amides is 3. The number of fused-ring (bicyclic) bond motifs is 2. The Morgan fingerprint density at radius 1 is 1.00 bits per heavy atom. The summed E-state index contributed by atoms with van der Waals surface area (Å²) in [5.74, 6) is 1.25. The molecule has 1 unspecified atom stereocenters. The first-order chi connectivity index (χ1) is 15.6. The van der Waals surface area contributed by atoms with E-state index in [9.17, 15) is 14.4 Å². The topological polar surface area (TPSA) is 88.2 Å². The van der Waals surface area contributed by atoms with Crippen LogP contribution in [0, 0.1) is 0 Å². The zero-order valence-electron chi connectivity index (χ0n) is 17.7. The Labute approximate surface area is 186 Å². The van der Waals surface area contributed by atoms with E-state index in [2.05, 4.69) is 5.32 Å². The van der Waals surface area contributed by atoms with Gasteiger partial charge >= 0.3 is 0 Å². The van der Waals surface area contributed by atoms with Gasteiger partial charge < -0.3 is 24.6 Å². The second-order valence-corrected chi connectivity index (χ2v) is 8.36. The van der Waals surface area contributed by atoms with Crippen molar-refractivity contribution in [2.24, 2.45) is 0 Å². The molecule has 2 saturated heterocycles. The summed E-state index contributed by atoms with van der Waals surface area (Å²) >= 11 is 0. The summed E-state index contributed by atoms with van der Waals surface area (Å²) in [5.41, 5.74) is 2.35. The van der Waals surface area contributed by atoms with Crippen LogP contribution in [0.4, 0.5) is 0 Å². The van der Waals surface area contributed by atoms with Gasteiger partial charge in [0.1, 0.15) is 12.6 Å². The second kappa shape index (κ2) is 8.53. The SMILES string of the molecule is O=C(NCc1ccc2c(c1)OCO2)c1ccc(CN2CC(=O)N3CCCCC3C2=O)cc1. The molecule has 0 radical (unpaired) electrons. The highest BCUT2D eigenvalue weighted by Gasteiger charge is 2.40. The van der Waals surface area contributed by atoms with Gasteiger partial charge in [-0.15, -0.1) is 0 Å². The lowest BCUT2D eigenvalue weighted by Crippen LogP contribution is -2.60. The van der Waals surface area contributed by atoms with Crippen LogP contribution in [0.5, 0.6) is 11.5 Å². The first-order valence-corrected chi connectivity index (χ1v) is 10.9. The molecule has 5 rings (SSSR count). The average Bonchev–Trinajstić information content (AvgIpc) is 3.29. The number of piperidine rings is 1. The van der Waals surface area contributed by atoms with Gasteiger partial charge in [0.15, 0.2) is 11.5 Å². The molecule has 3 amide bonds. The van der Waals surface area contributed by atoms with Crippen LogP contribution in [0.2, 0.25) is 0 Å². The second-order valence-electron chi connectivity index (χ2n) is 8.36. The molecule has 2 aromatic carbocycles. The molecule has 8 heteroatoms. The van der Waals surface area contributed by atoms with Crippen LogP contribution >= 0.6 is 0 Å². The molecular weight excluding hydrogens is 410 g/mol. The minimum Gasteiger partial charge on any atom is -0.454 e. The highest BCUT2D eigenvalue weighted by molar-refractivity contribution is 5.95. The van der Waals surface area contributed by atoms with Gasteiger partial charge in [-0.1, -0.05) is 18.2 Å². The summed E-state index contributed by atoms with van der Waals surface area (Å²) in [5, 5.41) is 2.90. The largest absolute Gasteiger partial charge is 0.454 e. The minimum absolute atomic E-state index is 0.0221. The Kier molecular flexibility index (Phi) is 5.43. The Hall–Kier alpha value is -3.55. The molecule has 1 N–H and O–H groups in total. The van der Waals surface area contributed by atoms with E-state index in [4.69, 9.17) is 9.47 Å². The summed E-state index contributed by atoms with van der Waals surface area (Å²) in [6, 6.07) is 12.4. The third-order valence-electron chi connectivity index (χ3n) is 6.23. The number of nitrogens with zero attached hydrogens (tertiary/aromatic N) is 2. The van der Waals surface area contributed by atoms with Gasteiger partial charge in [0.2, 0.25) is 18.6 Å². The zero-order chi connectivity index (χ0) is 22.1. The fraction of sp³-hybridized carbons (Fsp3) is 0.375. The molecule has 8 nitrogen and oxygen atoms in total. The molecule has 0 aliphatic carbocycles. The predicted molar refractivity (Wildman–Crippen MR) is 115 cm³/mol. The number of nitrogens with one attached hydrogen (secondary N) is 1. The van der Waals surface area contributed by atoms with Gasteiger partial charge in [0.25, 0.3) is 5.91 Å². The van der Waals surface area contributed by atoms with Gasteiger partial charge in [0, 0.05) is 25.2 Å². The maximum absolute atomic E-state index is 12.8. The molecule has 3 heterocycles. The molecule has 0 saturated carbocycles. The van der Waals surface area contributed by atoms with Crippen molar-refractivity contribution in [1.82, 2.24) is 15.1 Å². The van der Waals surface area contributed by atoms with Crippen LogP contribution in [-0.4, -0.2) is 53.4 Å². The van der Waals surface area contributed by atoms with Crippen molar-refractivity contribution in [2.75, 3.05) is 19.9 Å². The standard InChI is InChI=1S/C24H25N3O5/c28-22-14-26(24(30)19-3-1-2-10-27(19)22)13-16-4-7-18(8-5-16)23(29)25-12-17-6-9-20-21(11-17)32-15-31-20/h4-9,11,19H,1-3,10,12-15H2,(H,25,29). The first-order valence-electron chi connectivity index (χ1n) is 10.9. The zero-order valence-corrected chi connectivity index (χ0v) is 17.7. The van der Waals surface area contributed by atoms with E-state index >= 15 is 0 Å². The van der Waals surface area contributed by atoms with Crippen molar-refractivity contribution in [2.45, 2.75) is 38.4 Å². The van der Waals surface area contributed by atoms with Crippen LogP contribution < -0.4 is 14.8 Å². The number of hydrogen-bond acceptors (Lipinski definition) is 5. The predicted octanol–water partition coefficient (Wildman–Crippen LogP) is 2.07. The number of ether oxygens (including phenoxy) is 2. The quantitative estimate of drug-likeness (QED) is 0.777. The average molecular weight is 435 g/mol. The molecule has 0 bridgehead atoms. The van der Waals surface area contributed by atoms with Crippen molar-refractivity contribution in [3.63, 3.8) is 0 Å². The Morgan fingerprint density at radius 2 is 1.78 bits per heavy atom. The van der Waals surface area contributed by atoms with E-state index in [1.165, 1.54) is 0 Å². The van der Waals surface area contributed by atoms with Crippen molar-refractivity contribution in [3.05, 3.63) is 59.2 Å². The lowest BCUT2D eigenvalue weighted by molar-refractivity contribution is -0.158. The highest BCUT2D eigenvalue weighted by Crippen LogP contribution is 2.32. The first kappa shape index (κ1) is 20.4. The fourth-order valence-electron chi connectivity index (χ4n) is 4.48. The van der Waals surface area contributed by atoms with Gasteiger partial charge in [0.05, 0.1) is 0 Å². The van der Waals surface area contributed by atoms with Gasteiger partial charge in [-0.05, 0) is 54.7 Å². The van der Waals surface area contributed by atoms with Gasteiger partial charge in [-0.2, -0.15) is 0 Å². The van der Waals surface area contributed by atoms with Crippen LogP contribution in [0.25, 0.3) is 0 Å². The number of benzene rings is 2. The van der Waals surface area contributed by atoms with E-state index in [0.29, 0.717) is 36.7 Å². The maximum atomic E-state index is 12.8. The molecule has 0 spiro atoms. The van der Waals surface area contributed by atoms with Crippen LogP contribution in [-0.2, 0) is 22.7 Å². The van der Waals surface area contributed by atoms with E-state index < -0.39 is 0 Å². The van der Waals surface area contributed by atoms with Crippen LogP contribution in [0.3, 0.4) is 0 Å². The number of carbonyl (C=O) groups is 3. The van der Waals surface area contributed by atoms with E-state index in [0.717, 1.165) is 30.4 Å². The van der Waals surface area contributed by atoms with Crippen LogP contribution in [0.1, 0.15) is 40.7 Å². The summed E-state index contributed by atoms with van der Waals surface area (Å²) in [6.07, 6.45) is 2.68. The summed E-state index contributed by atoms with van der Waals surface area (Å²) in [6.45, 7) is 1.76. The molecule has 2 fully saturated rings. The van der Waals surface area contributed by atoms with Crippen molar-refractivity contribution in [1.29, 1.82) is 0 Å². The normalized spacial score (nSPS) is 19.7. The molecular formula is C24H25N3O5. The lowest BCUT2D eigenvalue weighted by atomic mass is 9.98. The molecule has 1 atom stereocenters. The fourth-order valence-corrected chi connectivity index (χ4v) is 4.48. The molecule has 0 aromatic heterocycles. The molecule has 166 valence electrons. The monoisotopic (exact) mass is 435 g/mol. The molecule has 32 heavy (non-hydrogen) atoms. The molecule has 3 aliphatic heterocycles. The van der Waals surface area contributed by atoms with E-state index in [1.54, 1.807) is 21.9 Å². The van der Waals surface area contributed by atoms with E-state index in [1.807, 2.05) is 30.3 Å². The number of rotatable bonds is 5. The summed E-state index contributed by atoms with van der Waals surface area (Å²) in [4.78, 5) is 41.1. The Balaban J connectivity index is 1.18. The Morgan fingerprint density at radius 3 is 2.62 bits per heavy atom. The Bertz CT molecular complexity index is 1050. The lowest BCUT2D eigenvalue weighted by Gasteiger charge is -2.42. The summed E-state index contributed by atoms with van der Waals surface area (Å²) < 4.78 is 10.7. The third kappa shape index (κ3) is 4.00. The van der Waals surface area contributed by atoms with Crippen molar-refractivity contribution in [3.8, 4) is 11.5 Å². The maximum Gasteiger partial charge on any atom is 0.251 e. The number of carbonyl (C=O) groups excluding carboxylic acids is 3. The smallest absolute Gasteiger partial charge is 0.251 e. The van der Waals surface area contributed by atoms with Crippen molar-refractivity contribution < 1.29 is 23.9 Å². The third-order valence-corrected chi connectivity index (χ3v) is 6.23.